The lowest BCUT2D eigenvalue weighted by atomic mass is 9.94. The summed E-state index contributed by atoms with van der Waals surface area (Å²) < 4.78 is 0. The van der Waals surface area contributed by atoms with Crippen molar-refractivity contribution in [3.63, 3.8) is 0 Å². The minimum atomic E-state index is -0.117. The van der Waals surface area contributed by atoms with Gasteiger partial charge < -0.3 is 10.4 Å². The van der Waals surface area contributed by atoms with Crippen molar-refractivity contribution in [2.75, 3.05) is 6.54 Å². The Kier molecular flexibility index (Phi) is 2.69. The van der Waals surface area contributed by atoms with Crippen molar-refractivity contribution < 1.29 is 5.11 Å². The van der Waals surface area contributed by atoms with E-state index in [2.05, 4.69) is 19.2 Å². The molecule has 1 fully saturated rings. The van der Waals surface area contributed by atoms with Gasteiger partial charge in [0.05, 0.1) is 6.10 Å². The van der Waals surface area contributed by atoms with E-state index >= 15 is 0 Å². The molecule has 0 aromatic carbocycles. The summed E-state index contributed by atoms with van der Waals surface area (Å²) in [6.45, 7) is 5.36. The second-order valence-corrected chi connectivity index (χ2v) is 3.55. The van der Waals surface area contributed by atoms with Crippen LogP contribution >= 0.6 is 0 Å². The van der Waals surface area contributed by atoms with Gasteiger partial charge in [0.15, 0.2) is 0 Å². The van der Waals surface area contributed by atoms with E-state index in [9.17, 15) is 5.11 Å². The molecule has 0 aromatic rings. The van der Waals surface area contributed by atoms with Crippen LogP contribution in [0.1, 0.15) is 26.7 Å². The van der Waals surface area contributed by atoms with Gasteiger partial charge in [-0.2, -0.15) is 0 Å². The Hall–Kier alpha value is -0.0800. The Labute approximate surface area is 62.6 Å². The molecule has 2 atom stereocenters. The number of rotatable bonds is 3. The van der Waals surface area contributed by atoms with Crippen LogP contribution in [0.4, 0.5) is 0 Å². The third-order valence-corrected chi connectivity index (χ3v) is 2.04. The van der Waals surface area contributed by atoms with Crippen LogP contribution in [0.5, 0.6) is 0 Å². The summed E-state index contributed by atoms with van der Waals surface area (Å²) >= 11 is 0. The van der Waals surface area contributed by atoms with Crippen LogP contribution in [-0.4, -0.2) is 23.8 Å². The van der Waals surface area contributed by atoms with Crippen molar-refractivity contribution in [1.29, 1.82) is 0 Å². The quantitative estimate of drug-likeness (QED) is 0.611. The SMILES string of the molecule is CC(C)CC(O)C1CCN1. The first-order chi connectivity index (χ1) is 4.70. The van der Waals surface area contributed by atoms with Crippen LogP contribution in [0.3, 0.4) is 0 Å². The van der Waals surface area contributed by atoms with E-state index in [4.69, 9.17) is 0 Å². The van der Waals surface area contributed by atoms with Crippen molar-refractivity contribution in [2.45, 2.75) is 38.8 Å². The Balaban J connectivity index is 2.13. The maximum absolute atomic E-state index is 9.48. The predicted octanol–water partition coefficient (Wildman–Crippen LogP) is 0.755. The second kappa shape index (κ2) is 3.35. The lowest BCUT2D eigenvalue weighted by Gasteiger charge is -2.32. The van der Waals surface area contributed by atoms with Gasteiger partial charge in [0.25, 0.3) is 0 Å². The van der Waals surface area contributed by atoms with Crippen LogP contribution in [0.15, 0.2) is 0 Å². The summed E-state index contributed by atoms with van der Waals surface area (Å²) in [5, 5.41) is 12.7. The van der Waals surface area contributed by atoms with E-state index in [1.54, 1.807) is 0 Å². The van der Waals surface area contributed by atoms with Gasteiger partial charge in [0.2, 0.25) is 0 Å². The summed E-state index contributed by atoms with van der Waals surface area (Å²) in [7, 11) is 0. The molecule has 1 heterocycles. The fraction of sp³-hybridized carbons (Fsp3) is 1.00. The van der Waals surface area contributed by atoms with Crippen molar-refractivity contribution in [3.05, 3.63) is 0 Å². The lowest BCUT2D eigenvalue weighted by molar-refractivity contribution is 0.0768. The molecule has 1 rings (SSSR count). The summed E-state index contributed by atoms with van der Waals surface area (Å²) in [5.74, 6) is 0.609. The molecular formula is C8H17NO. The molecular weight excluding hydrogens is 126 g/mol. The van der Waals surface area contributed by atoms with E-state index in [0.717, 1.165) is 19.4 Å². The van der Waals surface area contributed by atoms with Gasteiger partial charge in [-0.3, -0.25) is 0 Å². The van der Waals surface area contributed by atoms with Gasteiger partial charge in [-0.25, -0.2) is 0 Å². The molecule has 0 bridgehead atoms. The van der Waals surface area contributed by atoms with Crippen molar-refractivity contribution in [3.8, 4) is 0 Å². The van der Waals surface area contributed by atoms with Crippen molar-refractivity contribution in [1.82, 2.24) is 5.32 Å². The molecule has 2 heteroatoms. The molecule has 1 aliphatic rings. The predicted molar refractivity (Wildman–Crippen MR) is 41.9 cm³/mol. The molecule has 2 nitrogen and oxygen atoms in total. The molecule has 2 N–H and O–H groups in total. The number of hydrogen-bond donors (Lipinski definition) is 2. The summed E-state index contributed by atoms with van der Waals surface area (Å²) in [6.07, 6.45) is 1.96. The molecule has 0 aromatic heterocycles. The number of aliphatic hydroxyl groups excluding tert-OH is 1. The molecule has 1 saturated heterocycles. The molecule has 10 heavy (non-hydrogen) atoms. The fourth-order valence-electron chi connectivity index (χ4n) is 1.29. The monoisotopic (exact) mass is 143 g/mol. The minimum absolute atomic E-state index is 0.117. The zero-order chi connectivity index (χ0) is 7.56. The average Bonchev–Trinajstić information content (AvgIpc) is 1.55. The van der Waals surface area contributed by atoms with E-state index in [1.807, 2.05) is 0 Å². The van der Waals surface area contributed by atoms with Gasteiger partial charge in [-0.15, -0.1) is 0 Å². The molecule has 0 saturated carbocycles. The third-order valence-electron chi connectivity index (χ3n) is 2.04. The zero-order valence-corrected chi connectivity index (χ0v) is 6.80. The maximum Gasteiger partial charge on any atom is 0.0696 e. The standard InChI is InChI=1S/C8H17NO/c1-6(2)5-8(10)7-3-4-9-7/h6-10H,3-5H2,1-2H3. The van der Waals surface area contributed by atoms with Gasteiger partial charge in [0, 0.05) is 6.04 Å². The largest absolute Gasteiger partial charge is 0.391 e. The van der Waals surface area contributed by atoms with Gasteiger partial charge in [-0.1, -0.05) is 13.8 Å². The van der Waals surface area contributed by atoms with Crippen molar-refractivity contribution >= 4 is 0 Å². The van der Waals surface area contributed by atoms with Crippen LogP contribution in [-0.2, 0) is 0 Å². The smallest absolute Gasteiger partial charge is 0.0696 e. The Morgan fingerprint density at radius 3 is 2.50 bits per heavy atom. The van der Waals surface area contributed by atoms with E-state index in [1.165, 1.54) is 0 Å². The molecule has 0 spiro atoms. The van der Waals surface area contributed by atoms with Crippen LogP contribution in [0.25, 0.3) is 0 Å². The van der Waals surface area contributed by atoms with Crippen LogP contribution in [0.2, 0.25) is 0 Å². The minimum Gasteiger partial charge on any atom is -0.391 e. The number of hydrogen-bond acceptors (Lipinski definition) is 2. The highest BCUT2D eigenvalue weighted by atomic mass is 16.3. The second-order valence-electron chi connectivity index (χ2n) is 3.55. The summed E-state index contributed by atoms with van der Waals surface area (Å²) in [6, 6.07) is 0.391. The highest BCUT2D eigenvalue weighted by Gasteiger charge is 2.24. The number of aliphatic hydroxyl groups is 1. The first-order valence-corrected chi connectivity index (χ1v) is 4.11. The molecule has 0 radical (unpaired) electrons. The molecule has 1 aliphatic heterocycles. The Morgan fingerprint density at radius 2 is 2.20 bits per heavy atom. The first-order valence-electron chi connectivity index (χ1n) is 4.11. The van der Waals surface area contributed by atoms with Crippen LogP contribution in [0, 0.1) is 5.92 Å². The number of nitrogens with one attached hydrogen (secondary N) is 1. The molecule has 0 aliphatic carbocycles. The van der Waals surface area contributed by atoms with Gasteiger partial charge in [0.1, 0.15) is 0 Å². The first kappa shape index (κ1) is 8.02. The zero-order valence-electron chi connectivity index (χ0n) is 6.80. The molecule has 60 valence electrons. The topological polar surface area (TPSA) is 32.3 Å². The Morgan fingerprint density at radius 1 is 1.60 bits per heavy atom. The highest BCUT2D eigenvalue weighted by molar-refractivity contribution is 4.84. The normalized spacial score (nSPS) is 28.2. The molecule has 0 amide bonds. The van der Waals surface area contributed by atoms with Gasteiger partial charge in [-0.05, 0) is 25.3 Å². The highest BCUT2D eigenvalue weighted by Crippen LogP contribution is 2.14. The fourth-order valence-corrected chi connectivity index (χ4v) is 1.29. The van der Waals surface area contributed by atoms with E-state index in [-0.39, 0.29) is 6.10 Å². The average molecular weight is 143 g/mol. The Bertz CT molecular complexity index is 99.4. The maximum atomic E-state index is 9.48. The van der Waals surface area contributed by atoms with Crippen molar-refractivity contribution in [2.24, 2.45) is 5.92 Å². The van der Waals surface area contributed by atoms with Crippen LogP contribution < -0.4 is 5.32 Å². The summed E-state index contributed by atoms with van der Waals surface area (Å²) in [5.41, 5.74) is 0. The summed E-state index contributed by atoms with van der Waals surface area (Å²) in [4.78, 5) is 0. The van der Waals surface area contributed by atoms with E-state index < -0.39 is 0 Å². The molecule has 2 unspecified atom stereocenters. The van der Waals surface area contributed by atoms with Gasteiger partial charge >= 0.3 is 0 Å². The van der Waals surface area contributed by atoms with E-state index in [0.29, 0.717) is 12.0 Å². The lowest BCUT2D eigenvalue weighted by Crippen LogP contribution is -2.51. The third kappa shape index (κ3) is 1.96.